The molecule has 1 rings (SSSR count). The predicted molar refractivity (Wildman–Crippen MR) is 73.1 cm³/mol. The van der Waals surface area contributed by atoms with Crippen molar-refractivity contribution in [2.45, 2.75) is 26.7 Å². The van der Waals surface area contributed by atoms with Crippen molar-refractivity contribution >= 4 is 0 Å². The normalized spacial score (nSPS) is 11.0. The van der Waals surface area contributed by atoms with Gasteiger partial charge in [0.15, 0.2) is 0 Å². The molecule has 0 atom stereocenters. The van der Waals surface area contributed by atoms with Gasteiger partial charge in [-0.1, -0.05) is 13.8 Å². The topological polar surface area (TPSA) is 37.0 Å². The molecule has 1 heterocycles. The molecule has 3 nitrogen and oxygen atoms in total. The van der Waals surface area contributed by atoms with E-state index in [-0.39, 0.29) is 0 Å². The second-order valence-electron chi connectivity index (χ2n) is 4.81. The van der Waals surface area contributed by atoms with Gasteiger partial charge in [0.1, 0.15) is 0 Å². The number of nitrogens with zero attached hydrogens (tertiary/aromatic N) is 1. The lowest BCUT2D eigenvalue weighted by Crippen LogP contribution is -2.30. The zero-order valence-corrected chi connectivity index (χ0v) is 11.1. The lowest BCUT2D eigenvalue weighted by atomic mass is 10.1. The largest absolute Gasteiger partial charge is 0.315 e. The van der Waals surface area contributed by atoms with E-state index in [0.717, 1.165) is 38.5 Å². The van der Waals surface area contributed by atoms with E-state index in [1.165, 1.54) is 12.0 Å². The van der Waals surface area contributed by atoms with Gasteiger partial charge in [0.2, 0.25) is 0 Å². The van der Waals surface area contributed by atoms with Gasteiger partial charge in [-0.2, -0.15) is 0 Å². The smallest absolute Gasteiger partial charge is 0.0270 e. The summed E-state index contributed by atoms with van der Waals surface area (Å²) < 4.78 is 0. The Labute approximate surface area is 105 Å². The summed E-state index contributed by atoms with van der Waals surface area (Å²) in [7, 11) is 0. The Bertz CT molecular complexity index is 272. The van der Waals surface area contributed by atoms with Crippen molar-refractivity contribution in [3.05, 3.63) is 30.1 Å². The summed E-state index contributed by atoms with van der Waals surface area (Å²) in [6.07, 6.45) is 6.04. The van der Waals surface area contributed by atoms with Crippen LogP contribution in [0.25, 0.3) is 0 Å². The first-order valence-electron chi connectivity index (χ1n) is 6.59. The Morgan fingerprint density at radius 3 is 2.47 bits per heavy atom. The molecule has 0 aliphatic carbocycles. The van der Waals surface area contributed by atoms with Gasteiger partial charge in [-0.3, -0.25) is 4.98 Å². The standard InChI is InChI=1S/C14H25N3/c1-13(2)12-17-11-10-15-7-3-4-14-5-8-16-9-6-14/h5-6,8-9,13,15,17H,3-4,7,10-12H2,1-2H3. The summed E-state index contributed by atoms with van der Waals surface area (Å²) in [5.74, 6) is 0.738. The van der Waals surface area contributed by atoms with E-state index >= 15 is 0 Å². The van der Waals surface area contributed by atoms with E-state index in [9.17, 15) is 0 Å². The number of pyridine rings is 1. The first kappa shape index (κ1) is 14.1. The SMILES string of the molecule is CC(C)CNCCNCCCc1ccncc1. The number of nitrogens with one attached hydrogen (secondary N) is 2. The van der Waals surface area contributed by atoms with E-state index in [0.29, 0.717) is 0 Å². The van der Waals surface area contributed by atoms with E-state index in [2.05, 4.69) is 41.6 Å². The summed E-state index contributed by atoms with van der Waals surface area (Å²) in [5, 5.41) is 6.87. The molecule has 0 amide bonds. The van der Waals surface area contributed by atoms with Gasteiger partial charge < -0.3 is 10.6 Å². The minimum Gasteiger partial charge on any atom is -0.315 e. The first-order valence-corrected chi connectivity index (χ1v) is 6.59. The highest BCUT2D eigenvalue weighted by atomic mass is 14.9. The number of aryl methyl sites for hydroxylation is 1. The zero-order valence-electron chi connectivity index (χ0n) is 11.1. The van der Waals surface area contributed by atoms with E-state index in [1.54, 1.807) is 0 Å². The third kappa shape index (κ3) is 7.88. The fraction of sp³-hybridized carbons (Fsp3) is 0.643. The van der Waals surface area contributed by atoms with Gasteiger partial charge in [0.05, 0.1) is 0 Å². The van der Waals surface area contributed by atoms with Gasteiger partial charge in [0.25, 0.3) is 0 Å². The van der Waals surface area contributed by atoms with Gasteiger partial charge in [0, 0.05) is 25.5 Å². The fourth-order valence-electron chi connectivity index (χ4n) is 1.66. The van der Waals surface area contributed by atoms with Crippen molar-refractivity contribution in [2.24, 2.45) is 5.92 Å². The van der Waals surface area contributed by atoms with Crippen LogP contribution in [0.1, 0.15) is 25.8 Å². The molecule has 1 aromatic rings. The molecule has 0 fully saturated rings. The Kier molecular flexibility index (Phi) is 7.60. The molecule has 0 aliphatic rings. The van der Waals surface area contributed by atoms with Crippen LogP contribution in [-0.4, -0.2) is 31.2 Å². The highest BCUT2D eigenvalue weighted by Gasteiger charge is 1.93. The molecule has 0 radical (unpaired) electrons. The fourth-order valence-corrected chi connectivity index (χ4v) is 1.66. The average molecular weight is 235 g/mol. The number of hydrogen-bond acceptors (Lipinski definition) is 3. The van der Waals surface area contributed by atoms with Crippen LogP contribution in [0.5, 0.6) is 0 Å². The first-order chi connectivity index (χ1) is 8.29. The summed E-state index contributed by atoms with van der Waals surface area (Å²) in [6.45, 7) is 8.78. The molecule has 0 saturated heterocycles. The molecule has 3 heteroatoms. The van der Waals surface area contributed by atoms with Crippen molar-refractivity contribution in [2.75, 3.05) is 26.2 Å². The van der Waals surface area contributed by atoms with Crippen LogP contribution in [0.4, 0.5) is 0 Å². The Hall–Kier alpha value is -0.930. The molecule has 0 spiro atoms. The van der Waals surface area contributed by atoms with Crippen LogP contribution in [0.15, 0.2) is 24.5 Å². The maximum absolute atomic E-state index is 4.01. The zero-order chi connectivity index (χ0) is 12.3. The Morgan fingerprint density at radius 1 is 1.06 bits per heavy atom. The molecular weight excluding hydrogens is 210 g/mol. The molecule has 0 bridgehead atoms. The lowest BCUT2D eigenvalue weighted by molar-refractivity contribution is 0.532. The van der Waals surface area contributed by atoms with Crippen LogP contribution >= 0.6 is 0 Å². The molecule has 0 saturated carbocycles. The van der Waals surface area contributed by atoms with Gasteiger partial charge in [-0.25, -0.2) is 0 Å². The minimum atomic E-state index is 0.738. The number of rotatable bonds is 9. The molecule has 1 aromatic heterocycles. The monoisotopic (exact) mass is 235 g/mol. The van der Waals surface area contributed by atoms with Crippen LogP contribution in [-0.2, 0) is 6.42 Å². The molecule has 0 aromatic carbocycles. The summed E-state index contributed by atoms with van der Waals surface area (Å²) in [4.78, 5) is 4.01. The average Bonchev–Trinajstić information content (AvgIpc) is 2.33. The second kappa shape index (κ2) is 9.14. The van der Waals surface area contributed by atoms with Crippen molar-refractivity contribution in [3.8, 4) is 0 Å². The third-order valence-corrected chi connectivity index (χ3v) is 2.60. The predicted octanol–water partition coefficient (Wildman–Crippen LogP) is 1.85. The van der Waals surface area contributed by atoms with Crippen molar-refractivity contribution in [1.29, 1.82) is 0 Å². The Balaban J connectivity index is 1.88. The molecule has 0 aliphatic heterocycles. The maximum atomic E-state index is 4.01. The van der Waals surface area contributed by atoms with E-state index in [1.807, 2.05) is 12.4 Å². The minimum absolute atomic E-state index is 0.738. The van der Waals surface area contributed by atoms with Crippen molar-refractivity contribution < 1.29 is 0 Å². The van der Waals surface area contributed by atoms with Crippen LogP contribution in [0.2, 0.25) is 0 Å². The van der Waals surface area contributed by atoms with Gasteiger partial charge >= 0.3 is 0 Å². The molecular formula is C14H25N3. The van der Waals surface area contributed by atoms with Crippen LogP contribution in [0.3, 0.4) is 0 Å². The highest BCUT2D eigenvalue weighted by molar-refractivity contribution is 5.09. The summed E-state index contributed by atoms with van der Waals surface area (Å²) in [5.41, 5.74) is 1.37. The molecule has 0 unspecified atom stereocenters. The number of hydrogen-bond donors (Lipinski definition) is 2. The maximum Gasteiger partial charge on any atom is 0.0270 e. The van der Waals surface area contributed by atoms with E-state index in [4.69, 9.17) is 0 Å². The van der Waals surface area contributed by atoms with E-state index < -0.39 is 0 Å². The van der Waals surface area contributed by atoms with Crippen LogP contribution < -0.4 is 10.6 Å². The molecule has 2 N–H and O–H groups in total. The second-order valence-corrected chi connectivity index (χ2v) is 4.81. The Morgan fingerprint density at radius 2 is 1.76 bits per heavy atom. The summed E-state index contributed by atoms with van der Waals surface area (Å²) >= 11 is 0. The third-order valence-electron chi connectivity index (χ3n) is 2.60. The van der Waals surface area contributed by atoms with Crippen LogP contribution in [0, 0.1) is 5.92 Å². The molecule has 96 valence electrons. The summed E-state index contributed by atoms with van der Waals surface area (Å²) in [6, 6.07) is 4.17. The quantitative estimate of drug-likeness (QED) is 0.641. The van der Waals surface area contributed by atoms with Gasteiger partial charge in [-0.05, 0) is 49.5 Å². The highest BCUT2D eigenvalue weighted by Crippen LogP contribution is 1.99. The molecule has 17 heavy (non-hydrogen) atoms. The number of aromatic nitrogens is 1. The van der Waals surface area contributed by atoms with Gasteiger partial charge in [-0.15, -0.1) is 0 Å². The van der Waals surface area contributed by atoms with Crippen molar-refractivity contribution in [1.82, 2.24) is 15.6 Å². The lowest BCUT2D eigenvalue weighted by Gasteiger charge is -2.08. The van der Waals surface area contributed by atoms with Crippen molar-refractivity contribution in [3.63, 3.8) is 0 Å².